The van der Waals surface area contributed by atoms with Gasteiger partial charge in [0.1, 0.15) is 12.2 Å². The number of carbonyl (C=O) groups is 1. The fourth-order valence-electron chi connectivity index (χ4n) is 3.34. The predicted octanol–water partition coefficient (Wildman–Crippen LogP) is 3.16. The van der Waals surface area contributed by atoms with E-state index in [4.69, 9.17) is 23.5 Å². The van der Waals surface area contributed by atoms with E-state index in [9.17, 15) is 13.2 Å². The number of hydrogen-bond donors (Lipinski definition) is 2. The first-order valence-corrected chi connectivity index (χ1v) is 18.5. The summed E-state index contributed by atoms with van der Waals surface area (Å²) in [6.07, 6.45) is -2.82. The van der Waals surface area contributed by atoms with Crippen molar-refractivity contribution in [2.45, 2.75) is 109 Å². The highest BCUT2D eigenvalue weighted by atomic mass is 32.2. The van der Waals surface area contributed by atoms with E-state index < -0.39 is 50.8 Å². The standard InChI is InChI=1S/C21H42N2O7SSi2/c1-14(24)23-18-17(29-33(10,11)20(5,6)7)21(15(22)13-31(25,26)30-21)16(28-18)12-27-32(8,9)19(2,3)4/h13,16-18H,12,22H2,1-11H3,(H,23,24)/t16?,17?,18-,21?/m1/s1. The summed E-state index contributed by atoms with van der Waals surface area (Å²) in [4.78, 5) is 12.0. The molecule has 0 aromatic heterocycles. The summed E-state index contributed by atoms with van der Waals surface area (Å²) in [6.45, 7) is 22.2. The fourth-order valence-corrected chi connectivity index (χ4v) is 6.85. The molecule has 4 atom stereocenters. The summed E-state index contributed by atoms with van der Waals surface area (Å²) in [5, 5.41) is 3.40. The smallest absolute Gasteiger partial charge is 0.292 e. The molecule has 1 saturated heterocycles. The number of carbonyl (C=O) groups excluding carboxylic acids is 1. The van der Waals surface area contributed by atoms with E-state index in [1.54, 1.807) is 0 Å². The largest absolute Gasteiger partial charge is 0.414 e. The minimum absolute atomic E-state index is 0.0112. The normalized spacial score (nSPS) is 30.5. The van der Waals surface area contributed by atoms with Crippen molar-refractivity contribution in [1.82, 2.24) is 5.32 Å². The molecule has 2 aliphatic rings. The molecule has 2 heterocycles. The van der Waals surface area contributed by atoms with Gasteiger partial charge in [-0.15, -0.1) is 0 Å². The van der Waals surface area contributed by atoms with Gasteiger partial charge in [0.15, 0.2) is 28.5 Å². The van der Waals surface area contributed by atoms with Crippen LogP contribution in [-0.2, 0) is 32.7 Å². The van der Waals surface area contributed by atoms with Crippen LogP contribution in [0, 0.1) is 0 Å². The first-order valence-electron chi connectivity index (χ1n) is 11.2. The van der Waals surface area contributed by atoms with Gasteiger partial charge in [-0.25, -0.2) is 4.18 Å². The van der Waals surface area contributed by atoms with Crippen LogP contribution in [0.4, 0.5) is 0 Å². The van der Waals surface area contributed by atoms with Gasteiger partial charge in [-0.2, -0.15) is 8.42 Å². The number of nitrogens with one attached hydrogen (secondary N) is 1. The molecular formula is C21H42N2O7SSi2. The van der Waals surface area contributed by atoms with E-state index in [0.717, 1.165) is 5.41 Å². The predicted molar refractivity (Wildman–Crippen MR) is 133 cm³/mol. The second kappa shape index (κ2) is 8.72. The molecule has 12 heteroatoms. The molecule has 1 spiro atoms. The maximum Gasteiger partial charge on any atom is 0.292 e. The van der Waals surface area contributed by atoms with Crippen LogP contribution < -0.4 is 11.1 Å². The zero-order valence-electron chi connectivity index (χ0n) is 21.9. The third kappa shape index (κ3) is 5.57. The number of amides is 1. The van der Waals surface area contributed by atoms with Crippen molar-refractivity contribution in [2.75, 3.05) is 6.61 Å². The lowest BCUT2D eigenvalue weighted by Crippen LogP contribution is -2.61. The number of ether oxygens (including phenoxy) is 1. The van der Waals surface area contributed by atoms with Crippen LogP contribution in [-0.4, -0.2) is 61.6 Å². The number of nitrogens with two attached hydrogens (primary N) is 1. The molecule has 1 amide bonds. The van der Waals surface area contributed by atoms with Crippen molar-refractivity contribution >= 4 is 32.7 Å². The van der Waals surface area contributed by atoms with Gasteiger partial charge in [0.2, 0.25) is 5.91 Å². The third-order valence-electron chi connectivity index (χ3n) is 7.44. The second-order valence-corrected chi connectivity index (χ2v) is 23.0. The molecule has 0 radical (unpaired) electrons. The summed E-state index contributed by atoms with van der Waals surface area (Å²) in [6, 6.07) is 0. The molecule has 192 valence electrons. The zero-order chi connectivity index (χ0) is 25.8. The topological polar surface area (TPSA) is 126 Å². The molecule has 0 aromatic carbocycles. The van der Waals surface area contributed by atoms with E-state index >= 15 is 0 Å². The summed E-state index contributed by atoms with van der Waals surface area (Å²) in [7, 11) is -8.75. The highest BCUT2D eigenvalue weighted by Gasteiger charge is 2.67. The minimum atomic E-state index is -4.07. The number of rotatable bonds is 6. The van der Waals surface area contributed by atoms with Crippen LogP contribution in [0.5, 0.6) is 0 Å². The van der Waals surface area contributed by atoms with E-state index in [2.05, 4.69) is 60.0 Å². The van der Waals surface area contributed by atoms with Gasteiger partial charge in [0.25, 0.3) is 10.1 Å². The van der Waals surface area contributed by atoms with Gasteiger partial charge in [-0.05, 0) is 36.3 Å². The first kappa shape index (κ1) is 28.5. The van der Waals surface area contributed by atoms with Crippen LogP contribution in [0.2, 0.25) is 36.3 Å². The molecule has 0 aromatic rings. The van der Waals surface area contributed by atoms with Gasteiger partial charge in [0, 0.05) is 6.92 Å². The Kier molecular flexibility index (Phi) is 7.52. The lowest BCUT2D eigenvalue weighted by molar-refractivity contribution is -0.125. The summed E-state index contributed by atoms with van der Waals surface area (Å²) in [5.41, 5.74) is 4.69. The van der Waals surface area contributed by atoms with E-state index in [1.807, 2.05) is 13.1 Å². The average Bonchev–Trinajstić information content (AvgIpc) is 2.97. The van der Waals surface area contributed by atoms with Gasteiger partial charge in [-0.1, -0.05) is 41.5 Å². The molecule has 0 saturated carbocycles. The molecule has 9 nitrogen and oxygen atoms in total. The molecule has 2 rings (SSSR count). The second-order valence-electron chi connectivity index (χ2n) is 12.1. The van der Waals surface area contributed by atoms with Crippen molar-refractivity contribution in [2.24, 2.45) is 5.73 Å². The van der Waals surface area contributed by atoms with Crippen LogP contribution in [0.15, 0.2) is 11.1 Å². The van der Waals surface area contributed by atoms with E-state index in [1.165, 1.54) is 6.92 Å². The third-order valence-corrected chi connectivity index (χ3v) is 17.4. The van der Waals surface area contributed by atoms with Crippen molar-refractivity contribution in [3.05, 3.63) is 11.1 Å². The lowest BCUT2D eigenvalue weighted by atomic mass is 9.89. The van der Waals surface area contributed by atoms with Crippen molar-refractivity contribution in [3.63, 3.8) is 0 Å². The SMILES string of the molecule is CC(=O)N[C@@H]1OC(CO[Si](C)(C)C(C)(C)C)C2(OS(=O)(=O)C=C2N)C1O[Si](C)(C)C(C)(C)C. The maximum atomic E-state index is 12.5. The number of hydrogen-bond acceptors (Lipinski definition) is 8. The van der Waals surface area contributed by atoms with Crippen LogP contribution in [0.3, 0.4) is 0 Å². The van der Waals surface area contributed by atoms with Crippen molar-refractivity contribution < 1.29 is 31.0 Å². The Balaban J connectivity index is 2.56. The Morgan fingerprint density at radius 2 is 1.64 bits per heavy atom. The molecule has 33 heavy (non-hydrogen) atoms. The van der Waals surface area contributed by atoms with Crippen LogP contribution in [0.1, 0.15) is 48.5 Å². The fraction of sp³-hybridized carbons (Fsp3) is 0.857. The highest BCUT2D eigenvalue weighted by molar-refractivity contribution is 7.90. The molecule has 0 bridgehead atoms. The van der Waals surface area contributed by atoms with Crippen molar-refractivity contribution in [1.29, 1.82) is 0 Å². The van der Waals surface area contributed by atoms with Gasteiger partial charge in [-0.3, -0.25) is 4.79 Å². The van der Waals surface area contributed by atoms with Crippen LogP contribution in [0.25, 0.3) is 0 Å². The Morgan fingerprint density at radius 1 is 1.12 bits per heavy atom. The minimum Gasteiger partial charge on any atom is -0.414 e. The van der Waals surface area contributed by atoms with Gasteiger partial charge in [0.05, 0.1) is 17.7 Å². The highest BCUT2D eigenvalue weighted by Crippen LogP contribution is 2.49. The monoisotopic (exact) mass is 522 g/mol. The van der Waals surface area contributed by atoms with Gasteiger partial charge < -0.3 is 24.6 Å². The zero-order valence-corrected chi connectivity index (χ0v) is 24.7. The molecule has 1 fully saturated rings. The molecular weight excluding hydrogens is 480 g/mol. The Morgan fingerprint density at radius 3 is 2.03 bits per heavy atom. The summed E-state index contributed by atoms with van der Waals surface area (Å²) in [5.74, 6) is -0.339. The average molecular weight is 523 g/mol. The summed E-state index contributed by atoms with van der Waals surface area (Å²) >= 11 is 0. The summed E-state index contributed by atoms with van der Waals surface area (Å²) < 4.78 is 50.0. The van der Waals surface area contributed by atoms with Gasteiger partial charge >= 0.3 is 0 Å². The quantitative estimate of drug-likeness (QED) is 0.402. The Bertz CT molecular complexity index is 907. The Hall–Kier alpha value is -0.766. The first-order chi connectivity index (χ1) is 14.6. The van der Waals surface area contributed by atoms with Crippen molar-refractivity contribution in [3.8, 4) is 0 Å². The van der Waals surface area contributed by atoms with Crippen LogP contribution >= 0.6 is 0 Å². The van der Waals surface area contributed by atoms with E-state index in [0.29, 0.717) is 0 Å². The molecule has 2 aliphatic heterocycles. The molecule has 3 unspecified atom stereocenters. The maximum absolute atomic E-state index is 12.5. The molecule has 0 aliphatic carbocycles. The Labute approximate surface area is 201 Å². The molecule has 3 N–H and O–H groups in total. The lowest BCUT2D eigenvalue weighted by Gasteiger charge is -2.43. The van der Waals surface area contributed by atoms with E-state index in [-0.39, 0.29) is 28.3 Å².